The number of oxime groups is 1. The molecule has 2 N–H and O–H groups in total. The molecule has 0 amide bonds. The molecule has 0 saturated heterocycles. The summed E-state index contributed by atoms with van der Waals surface area (Å²) in [6.07, 6.45) is 3.98. The minimum Gasteiger partial charge on any atom is -0.469 e. The van der Waals surface area contributed by atoms with Gasteiger partial charge in [-0.2, -0.15) is 41.9 Å². The number of amidine groups is 1. The van der Waals surface area contributed by atoms with Gasteiger partial charge in [-0.15, -0.1) is 0 Å². The molecule has 2 aliphatic rings. The third-order valence-electron chi connectivity index (χ3n) is 9.35. The van der Waals surface area contributed by atoms with Crippen molar-refractivity contribution in [3.8, 4) is 23.2 Å². The van der Waals surface area contributed by atoms with Crippen LogP contribution < -0.4 is 15.2 Å². The van der Waals surface area contributed by atoms with Crippen molar-refractivity contribution < 1.29 is 23.6 Å². The number of nitrogens with zero attached hydrogens (tertiary/aromatic N) is 7. The van der Waals surface area contributed by atoms with Gasteiger partial charge in [-0.25, -0.2) is 14.8 Å². The second-order valence-corrected chi connectivity index (χ2v) is 13.7. The fourth-order valence-corrected chi connectivity index (χ4v) is 5.42. The van der Waals surface area contributed by atoms with Crippen molar-refractivity contribution in [3.63, 3.8) is 0 Å². The van der Waals surface area contributed by atoms with Crippen molar-refractivity contribution in [2.24, 2.45) is 16.8 Å². The number of nitrogens with two attached hydrogens (primary N) is 1. The average molecular weight is 787 g/mol. The van der Waals surface area contributed by atoms with E-state index in [0.717, 1.165) is 70.7 Å². The molecule has 15 heteroatoms. The minimum absolute atomic E-state index is 0. The number of hydrogen-bond donors (Lipinski definition) is 1. The van der Waals surface area contributed by atoms with Gasteiger partial charge in [-0.05, 0) is 116 Å². The van der Waals surface area contributed by atoms with Gasteiger partial charge >= 0.3 is 5.97 Å². The van der Waals surface area contributed by atoms with Gasteiger partial charge in [-0.3, -0.25) is 0 Å². The zero-order valence-corrected chi connectivity index (χ0v) is 34.5. The Morgan fingerprint density at radius 1 is 0.727 bits per heavy atom. The molecule has 292 valence electrons. The third kappa shape index (κ3) is 11.0. The highest BCUT2D eigenvalue weighted by Gasteiger charge is 2.29. The Labute approximate surface area is 335 Å². The van der Waals surface area contributed by atoms with Gasteiger partial charge in [0.25, 0.3) is 5.89 Å². The van der Waals surface area contributed by atoms with E-state index in [1.807, 2.05) is 91.8 Å². The van der Waals surface area contributed by atoms with Crippen molar-refractivity contribution in [1.82, 2.24) is 30.1 Å². The first-order valence-corrected chi connectivity index (χ1v) is 17.9. The number of carbonyl (C=O) groups excluding carboxylic acids is 1. The molecule has 55 heavy (non-hydrogen) atoms. The predicted molar refractivity (Wildman–Crippen MR) is 219 cm³/mol. The van der Waals surface area contributed by atoms with E-state index < -0.39 is 5.97 Å². The number of benzene rings is 2. The van der Waals surface area contributed by atoms with Crippen LogP contribution >= 0.6 is 27.0 Å². The molecule has 13 nitrogen and oxygen atoms in total. The molecule has 3 aromatic heterocycles. The van der Waals surface area contributed by atoms with Crippen LogP contribution in [0.5, 0.6) is 11.8 Å². The van der Waals surface area contributed by atoms with E-state index in [0.29, 0.717) is 46.6 Å². The lowest BCUT2D eigenvalue weighted by molar-refractivity contribution is 0.0514. The van der Waals surface area contributed by atoms with E-state index in [2.05, 4.69) is 35.2 Å². The average Bonchev–Trinajstić information content (AvgIpc) is 4.10. The lowest BCUT2D eigenvalue weighted by Crippen LogP contribution is -2.15. The Hall–Kier alpha value is -5.02. The second-order valence-electron chi connectivity index (χ2n) is 13.7. The minimum atomic E-state index is -0.531. The molecular weight excluding hydrogens is 737 g/mol. The molecular formula is C40H50N8O5S2. The van der Waals surface area contributed by atoms with Gasteiger partial charge < -0.3 is 24.6 Å². The zero-order valence-electron chi connectivity index (χ0n) is 32.5. The molecule has 7 rings (SSSR count). The Kier molecular flexibility index (Phi) is 14.4. The Morgan fingerprint density at radius 2 is 1.22 bits per heavy atom. The van der Waals surface area contributed by atoms with E-state index >= 15 is 0 Å². The topological polar surface area (TPSA) is 174 Å². The lowest BCUT2D eigenvalue weighted by Gasteiger charge is -2.17. The van der Waals surface area contributed by atoms with Gasteiger partial charge in [0.15, 0.2) is 5.82 Å². The summed E-state index contributed by atoms with van der Waals surface area (Å²) in [5, 5.41) is 7.78. The van der Waals surface area contributed by atoms with Crippen LogP contribution in [0.15, 0.2) is 58.2 Å². The summed E-state index contributed by atoms with van der Waals surface area (Å²) in [6, 6.07) is 15.0. The summed E-state index contributed by atoms with van der Waals surface area (Å²) in [5.41, 5.74) is 12.8. The van der Waals surface area contributed by atoms with Gasteiger partial charge in [0.1, 0.15) is 29.7 Å². The number of ether oxygens (including phenoxy) is 2. The highest BCUT2D eigenvalue weighted by molar-refractivity contribution is 7.59. The van der Waals surface area contributed by atoms with Crippen molar-refractivity contribution in [2.75, 3.05) is 0 Å². The quantitative estimate of drug-likeness (QED) is 0.0591. The molecule has 0 spiro atoms. The Bertz CT molecular complexity index is 2120. The molecule has 2 saturated carbocycles. The van der Waals surface area contributed by atoms with E-state index in [9.17, 15) is 4.79 Å². The lowest BCUT2D eigenvalue weighted by atomic mass is 10.1. The molecule has 0 unspecified atom stereocenters. The molecule has 2 aliphatic carbocycles. The van der Waals surface area contributed by atoms with Crippen molar-refractivity contribution in [3.05, 3.63) is 105 Å². The summed E-state index contributed by atoms with van der Waals surface area (Å²) in [4.78, 5) is 38.9. The number of rotatable bonds is 11. The fourth-order valence-electron chi connectivity index (χ4n) is 5.42. The Balaban J connectivity index is 0.000000236. The first-order chi connectivity index (χ1) is 25.4. The van der Waals surface area contributed by atoms with E-state index in [-0.39, 0.29) is 45.1 Å². The van der Waals surface area contributed by atoms with Crippen LogP contribution in [-0.2, 0) is 4.84 Å². The van der Waals surface area contributed by atoms with Gasteiger partial charge in [0, 0.05) is 39.9 Å². The highest BCUT2D eigenvalue weighted by Crippen LogP contribution is 2.39. The van der Waals surface area contributed by atoms with Crippen molar-refractivity contribution in [1.29, 1.82) is 0 Å². The zero-order chi connectivity index (χ0) is 37.8. The van der Waals surface area contributed by atoms with E-state index in [1.165, 1.54) is 0 Å². The monoisotopic (exact) mass is 786 g/mol. The summed E-state index contributed by atoms with van der Waals surface area (Å²) < 4.78 is 17.5. The van der Waals surface area contributed by atoms with Crippen molar-refractivity contribution in [2.45, 2.75) is 99.2 Å². The summed E-state index contributed by atoms with van der Waals surface area (Å²) in [6.45, 7) is 15.5. The van der Waals surface area contributed by atoms with Crippen LogP contribution in [0.1, 0.15) is 119 Å². The molecule has 0 bridgehead atoms. The maximum atomic E-state index is 12.1. The van der Waals surface area contributed by atoms with Crippen LogP contribution in [0.4, 0.5) is 0 Å². The molecule has 2 fully saturated rings. The van der Waals surface area contributed by atoms with Crippen LogP contribution in [0.25, 0.3) is 11.5 Å². The van der Waals surface area contributed by atoms with Crippen LogP contribution in [0.2, 0.25) is 0 Å². The van der Waals surface area contributed by atoms with Gasteiger partial charge in [0.2, 0.25) is 11.8 Å². The normalized spacial score (nSPS) is 14.7. The van der Waals surface area contributed by atoms with Crippen LogP contribution in [0, 0.1) is 47.5 Å². The molecule has 3 heterocycles. The molecule has 2 atom stereocenters. The summed E-state index contributed by atoms with van der Waals surface area (Å²) in [7, 11) is 0. The van der Waals surface area contributed by atoms with E-state index in [1.54, 1.807) is 12.1 Å². The predicted octanol–water partition coefficient (Wildman–Crippen LogP) is 8.08. The summed E-state index contributed by atoms with van der Waals surface area (Å²) in [5.74, 6) is 4.59. The molecule has 0 aliphatic heterocycles. The Morgan fingerprint density at radius 3 is 1.69 bits per heavy atom. The number of aryl methyl sites for hydroxylation is 4. The van der Waals surface area contributed by atoms with Crippen molar-refractivity contribution >= 4 is 38.8 Å². The van der Waals surface area contributed by atoms with E-state index in [4.69, 9.17) is 24.6 Å². The SMILES string of the molecule is Cc1nc(C)c(C)c(O[C@@H](C)c2ccc(-c3nc(C4CC4)no3)cc2)n1.Cc1nc(C)c(C)c(O[C@@H](C)c2ccc(C(=O)O/N=C(\N)C3CC3)cc2)n1.S.S. The van der Waals surface area contributed by atoms with Gasteiger partial charge in [0.05, 0.1) is 5.56 Å². The van der Waals surface area contributed by atoms with Crippen LogP contribution in [-0.4, -0.2) is 41.9 Å². The largest absolute Gasteiger partial charge is 0.469 e. The summed E-state index contributed by atoms with van der Waals surface area (Å²) >= 11 is 0. The molecule has 2 aromatic carbocycles. The number of hydrogen-bond acceptors (Lipinski definition) is 12. The fraction of sp³-hybridized carbons (Fsp3) is 0.400. The molecule has 5 aromatic rings. The first-order valence-electron chi connectivity index (χ1n) is 17.9. The number of carbonyl (C=O) groups is 1. The van der Waals surface area contributed by atoms with Gasteiger partial charge in [-0.1, -0.05) is 34.6 Å². The first kappa shape index (κ1) is 42.7. The maximum Gasteiger partial charge on any atom is 0.365 e. The highest BCUT2D eigenvalue weighted by atomic mass is 32.1. The third-order valence-corrected chi connectivity index (χ3v) is 9.35. The second kappa shape index (κ2) is 18.5. The van der Waals surface area contributed by atoms with Crippen LogP contribution in [0.3, 0.4) is 0 Å². The maximum absolute atomic E-state index is 12.1. The number of aromatic nitrogens is 6. The smallest absolute Gasteiger partial charge is 0.365 e. The standard InChI is InChI=1S/C20H24N4O3.C20H22N4O2.2H2S/c1-11-12(2)22-14(4)23-19(11)26-13(3)15-5-9-17(10-6-15)20(25)27-24-18(21)16-7-8-16;1-11-12(2)21-14(4)22-19(11)25-13(3)15-5-9-17(10-6-15)20-23-18(24-26-20)16-7-8-16;;/h5-6,9-10,13,16H,7-8H2,1-4H3,(H2,21,24);5-6,9-10,13,16H,7-8H2,1-4H3;2*1H2/t2*13-;;/m00../s1. The molecule has 0 radical (unpaired) electrons.